The number of nitrogens with two attached hydrogens (primary N) is 1. The highest BCUT2D eigenvalue weighted by atomic mass is 31.2. The summed E-state index contributed by atoms with van der Waals surface area (Å²) < 4.78 is 10.9. The van der Waals surface area contributed by atoms with Gasteiger partial charge in [-0.2, -0.15) is 0 Å². The van der Waals surface area contributed by atoms with E-state index >= 15 is 0 Å². The lowest BCUT2D eigenvalue weighted by Crippen LogP contribution is -2.49. The largest absolute Gasteiger partial charge is 0.481 e. The van der Waals surface area contributed by atoms with Gasteiger partial charge >= 0.3 is 19.5 Å². The molecule has 6 N–H and O–H groups in total. The van der Waals surface area contributed by atoms with Crippen LogP contribution in [-0.2, 0) is 14.2 Å². The molecule has 2 aliphatic rings. The first-order valence-electron chi connectivity index (χ1n) is 5.10. The van der Waals surface area contributed by atoms with E-state index in [-0.39, 0.29) is 12.0 Å². The van der Waals surface area contributed by atoms with Crippen LogP contribution in [-0.4, -0.2) is 37.5 Å². The molecule has 18 heavy (non-hydrogen) atoms. The van der Waals surface area contributed by atoms with Crippen molar-refractivity contribution < 1.29 is 34.2 Å². The maximum Gasteiger partial charge on any atom is 0.349 e. The van der Waals surface area contributed by atoms with E-state index in [4.69, 9.17) is 25.7 Å². The second kappa shape index (κ2) is 3.64. The van der Waals surface area contributed by atoms with Crippen molar-refractivity contribution in [2.24, 2.45) is 23.5 Å². The molecule has 2 saturated carbocycles. The second-order valence-corrected chi connectivity index (χ2v) is 6.17. The van der Waals surface area contributed by atoms with Gasteiger partial charge in [0.15, 0.2) is 0 Å². The Labute approximate surface area is 101 Å². The number of fused-ring (bicyclic) bond motifs is 1. The Hall–Kier alpha value is -1.21. The SMILES string of the molecule is NC1(C(=O)O)C/C(=C\P(=O)(O)O)C2C(C(=O)O)C21. The molecule has 0 bridgehead atoms. The van der Waals surface area contributed by atoms with Crippen LogP contribution in [0.3, 0.4) is 0 Å². The molecule has 0 aromatic rings. The summed E-state index contributed by atoms with van der Waals surface area (Å²) in [6.07, 6.45) is -0.230. The second-order valence-electron chi connectivity index (χ2n) is 4.73. The van der Waals surface area contributed by atoms with Crippen molar-refractivity contribution in [3.8, 4) is 0 Å². The number of hydrogen-bond donors (Lipinski definition) is 5. The van der Waals surface area contributed by atoms with Gasteiger partial charge in [0.2, 0.25) is 0 Å². The first kappa shape index (κ1) is 13.2. The van der Waals surface area contributed by atoms with Crippen molar-refractivity contribution >= 4 is 19.5 Å². The number of aliphatic carboxylic acids is 2. The molecule has 0 saturated heterocycles. The summed E-state index contributed by atoms with van der Waals surface area (Å²) in [4.78, 5) is 39.7. The summed E-state index contributed by atoms with van der Waals surface area (Å²) in [7, 11) is -4.47. The van der Waals surface area contributed by atoms with E-state index in [1.807, 2.05) is 0 Å². The number of carboxylic acid groups (broad SMARTS) is 2. The summed E-state index contributed by atoms with van der Waals surface area (Å²) in [6.45, 7) is 0. The molecule has 0 heterocycles. The molecule has 2 rings (SSSR count). The maximum absolute atomic E-state index is 11.1. The molecule has 100 valence electrons. The van der Waals surface area contributed by atoms with Gasteiger partial charge in [0.1, 0.15) is 5.54 Å². The van der Waals surface area contributed by atoms with Gasteiger partial charge < -0.3 is 25.7 Å². The van der Waals surface area contributed by atoms with Crippen LogP contribution in [0.1, 0.15) is 6.42 Å². The Morgan fingerprint density at radius 1 is 1.39 bits per heavy atom. The summed E-state index contributed by atoms with van der Waals surface area (Å²) in [5.74, 6) is -4.36. The number of carboxylic acids is 2. The Bertz CT molecular complexity index is 509. The smallest absolute Gasteiger partial charge is 0.349 e. The van der Waals surface area contributed by atoms with E-state index in [1.165, 1.54) is 0 Å². The topological polar surface area (TPSA) is 158 Å². The maximum atomic E-state index is 11.1. The van der Waals surface area contributed by atoms with Gasteiger partial charge in [0, 0.05) is 17.7 Å². The molecule has 8 nitrogen and oxygen atoms in total. The average Bonchev–Trinajstić information content (AvgIpc) is 2.82. The third kappa shape index (κ3) is 1.87. The van der Waals surface area contributed by atoms with E-state index in [0.29, 0.717) is 5.82 Å². The Morgan fingerprint density at radius 2 is 1.94 bits per heavy atom. The third-order valence-electron chi connectivity index (χ3n) is 3.56. The minimum absolute atomic E-state index is 0.130. The third-order valence-corrected chi connectivity index (χ3v) is 4.22. The molecule has 2 fully saturated rings. The molecule has 9 heteroatoms. The van der Waals surface area contributed by atoms with Crippen LogP contribution in [0, 0.1) is 17.8 Å². The first-order chi connectivity index (χ1) is 8.08. The van der Waals surface area contributed by atoms with Crippen LogP contribution >= 0.6 is 7.60 Å². The van der Waals surface area contributed by atoms with Gasteiger partial charge in [-0.15, -0.1) is 0 Å². The normalized spacial score (nSPS) is 40.6. The monoisotopic (exact) mass is 277 g/mol. The van der Waals surface area contributed by atoms with Gasteiger partial charge in [-0.25, -0.2) is 0 Å². The molecule has 0 aromatic carbocycles. The lowest BCUT2D eigenvalue weighted by atomic mass is 9.90. The fourth-order valence-electron chi connectivity index (χ4n) is 2.86. The predicted molar refractivity (Wildman–Crippen MR) is 57.4 cm³/mol. The van der Waals surface area contributed by atoms with Crippen LogP contribution < -0.4 is 5.73 Å². The van der Waals surface area contributed by atoms with Crippen molar-refractivity contribution in [1.29, 1.82) is 0 Å². The predicted octanol–water partition coefficient (Wildman–Crippen LogP) is -0.819. The molecule has 0 aliphatic heterocycles. The number of carbonyl (C=O) groups is 2. The number of hydrogen-bond acceptors (Lipinski definition) is 4. The minimum Gasteiger partial charge on any atom is -0.481 e. The van der Waals surface area contributed by atoms with E-state index in [9.17, 15) is 14.2 Å². The lowest BCUT2D eigenvalue weighted by molar-refractivity contribution is -0.145. The molecule has 2 aliphatic carbocycles. The molecule has 4 unspecified atom stereocenters. The molecule has 4 atom stereocenters. The molecule has 0 radical (unpaired) electrons. The molecular weight excluding hydrogens is 265 g/mol. The first-order valence-corrected chi connectivity index (χ1v) is 6.78. The van der Waals surface area contributed by atoms with Gasteiger partial charge in [-0.3, -0.25) is 14.2 Å². The Morgan fingerprint density at radius 3 is 2.33 bits per heavy atom. The molecule has 0 amide bonds. The average molecular weight is 277 g/mol. The van der Waals surface area contributed by atoms with E-state index in [1.54, 1.807) is 0 Å². The zero-order valence-electron chi connectivity index (χ0n) is 9.05. The van der Waals surface area contributed by atoms with Gasteiger partial charge in [0.25, 0.3) is 0 Å². The van der Waals surface area contributed by atoms with E-state index in [2.05, 4.69) is 0 Å². The fraction of sp³-hybridized carbons (Fsp3) is 0.556. The van der Waals surface area contributed by atoms with Crippen LogP contribution in [0.4, 0.5) is 0 Å². The van der Waals surface area contributed by atoms with E-state index in [0.717, 1.165) is 0 Å². The highest BCUT2D eigenvalue weighted by Crippen LogP contribution is 2.65. The van der Waals surface area contributed by atoms with Crippen LogP contribution in [0.2, 0.25) is 0 Å². The zero-order chi connectivity index (χ0) is 13.9. The highest BCUT2D eigenvalue weighted by Gasteiger charge is 2.72. The lowest BCUT2D eigenvalue weighted by Gasteiger charge is -2.21. The van der Waals surface area contributed by atoms with Crippen LogP contribution in [0.5, 0.6) is 0 Å². The number of rotatable bonds is 3. The van der Waals surface area contributed by atoms with Crippen molar-refractivity contribution in [3.63, 3.8) is 0 Å². The molecular formula is C9H12NO7P. The van der Waals surface area contributed by atoms with Crippen LogP contribution in [0.25, 0.3) is 0 Å². The summed E-state index contributed by atoms with van der Waals surface area (Å²) in [5, 5.41) is 18.0. The van der Waals surface area contributed by atoms with E-state index < -0.39 is 42.8 Å². The standard InChI is InChI=1S/C9H12NO7P/c10-9(8(13)14)1-3(2-18(15,16)17)4-5(6(4)9)7(11)12/h2,4-6H,1,10H2,(H,11,12)(H,13,14)(H2,15,16,17)/b3-2+. The highest BCUT2D eigenvalue weighted by molar-refractivity contribution is 7.55. The van der Waals surface area contributed by atoms with Crippen molar-refractivity contribution in [2.75, 3.05) is 0 Å². The van der Waals surface area contributed by atoms with Crippen molar-refractivity contribution in [1.82, 2.24) is 0 Å². The molecule has 0 aromatic heterocycles. The van der Waals surface area contributed by atoms with Gasteiger partial charge in [-0.05, 0) is 6.42 Å². The van der Waals surface area contributed by atoms with Gasteiger partial charge in [-0.1, -0.05) is 5.57 Å². The Kier molecular flexibility index (Phi) is 2.68. The van der Waals surface area contributed by atoms with Crippen LogP contribution in [0.15, 0.2) is 11.4 Å². The van der Waals surface area contributed by atoms with Gasteiger partial charge in [0.05, 0.1) is 5.92 Å². The quantitative estimate of drug-likeness (QED) is 0.418. The minimum atomic E-state index is -4.47. The summed E-state index contributed by atoms with van der Waals surface area (Å²) >= 11 is 0. The zero-order valence-corrected chi connectivity index (χ0v) is 9.95. The summed E-state index contributed by atoms with van der Waals surface area (Å²) in [5.41, 5.74) is 4.04. The Balaban J connectivity index is 2.40. The molecule has 0 spiro atoms. The van der Waals surface area contributed by atoms with Crippen molar-refractivity contribution in [3.05, 3.63) is 11.4 Å². The summed E-state index contributed by atoms with van der Waals surface area (Å²) in [6, 6.07) is 0. The van der Waals surface area contributed by atoms with Crippen molar-refractivity contribution in [2.45, 2.75) is 12.0 Å². The fourth-order valence-corrected chi connectivity index (χ4v) is 3.56.